The molecule has 0 saturated carbocycles. The summed E-state index contributed by atoms with van der Waals surface area (Å²) >= 11 is 0. The Balaban J connectivity index is 2.37. The third kappa shape index (κ3) is 3.59. The molecule has 5 N–H and O–H groups in total. The molecule has 0 aromatic heterocycles. The van der Waals surface area contributed by atoms with Crippen LogP contribution in [0.5, 0.6) is 5.75 Å². The van der Waals surface area contributed by atoms with Crippen molar-refractivity contribution < 1.29 is 18.3 Å². The number of carbonyl (C=O) groups excluding carboxylic acids is 1. The Morgan fingerprint density at radius 3 is 2.52 bits per heavy atom. The molecule has 0 fully saturated rings. The highest BCUT2D eigenvalue weighted by atomic mass is 19.3. The Bertz CT molecular complexity index is 662. The van der Waals surface area contributed by atoms with Gasteiger partial charge >= 0.3 is 6.61 Å². The summed E-state index contributed by atoms with van der Waals surface area (Å²) < 4.78 is 29.1. The van der Waals surface area contributed by atoms with Crippen LogP contribution in [-0.4, -0.2) is 12.5 Å². The van der Waals surface area contributed by atoms with Gasteiger partial charge in [-0.05, 0) is 30.3 Å². The Morgan fingerprint density at radius 2 is 1.86 bits per heavy atom. The van der Waals surface area contributed by atoms with E-state index >= 15 is 0 Å². The van der Waals surface area contributed by atoms with E-state index in [2.05, 4.69) is 10.1 Å². The van der Waals surface area contributed by atoms with E-state index in [4.69, 9.17) is 11.5 Å². The number of alkyl halides is 2. The molecule has 0 heterocycles. The summed E-state index contributed by atoms with van der Waals surface area (Å²) in [5, 5.41) is 2.84. The first-order valence-electron chi connectivity index (χ1n) is 5.97. The predicted molar refractivity (Wildman–Crippen MR) is 75.7 cm³/mol. The molecule has 2 aromatic rings. The first-order chi connectivity index (χ1) is 9.97. The first-order valence-corrected chi connectivity index (χ1v) is 5.97. The van der Waals surface area contributed by atoms with Crippen LogP contribution in [0.25, 0.3) is 0 Å². The van der Waals surface area contributed by atoms with Crippen LogP contribution in [-0.2, 0) is 0 Å². The lowest BCUT2D eigenvalue weighted by molar-refractivity contribution is -0.0493. The number of benzene rings is 2. The minimum atomic E-state index is -2.95. The lowest BCUT2D eigenvalue weighted by atomic mass is 10.1. The zero-order chi connectivity index (χ0) is 15.4. The number of nitrogens with one attached hydrogen (secondary N) is 1. The summed E-state index contributed by atoms with van der Waals surface area (Å²) in [5.74, 6) is -0.725. The van der Waals surface area contributed by atoms with Crippen LogP contribution in [0, 0.1) is 0 Å². The molecule has 0 spiro atoms. The number of rotatable bonds is 5. The van der Waals surface area contributed by atoms with E-state index in [-0.39, 0.29) is 17.0 Å². The molecule has 0 unspecified atom stereocenters. The molecule has 0 bridgehead atoms. The number of nitrogens with two attached hydrogens (primary N) is 2. The molecule has 2 aromatic carbocycles. The third-order valence-corrected chi connectivity index (χ3v) is 2.68. The van der Waals surface area contributed by atoms with Crippen molar-refractivity contribution in [2.24, 2.45) is 5.73 Å². The monoisotopic (exact) mass is 293 g/mol. The molecule has 21 heavy (non-hydrogen) atoms. The summed E-state index contributed by atoms with van der Waals surface area (Å²) in [6.07, 6.45) is 0. The molecule has 0 aliphatic carbocycles. The fraction of sp³-hybridized carbons (Fsp3) is 0.0714. The van der Waals surface area contributed by atoms with Crippen molar-refractivity contribution in [3.8, 4) is 5.75 Å². The molecule has 0 saturated heterocycles. The molecule has 0 atom stereocenters. The van der Waals surface area contributed by atoms with Crippen LogP contribution in [0.2, 0.25) is 0 Å². The van der Waals surface area contributed by atoms with Gasteiger partial charge < -0.3 is 21.5 Å². The predicted octanol–water partition coefficient (Wildman–Crippen LogP) is 2.71. The Labute approximate surface area is 119 Å². The Morgan fingerprint density at radius 1 is 1.14 bits per heavy atom. The summed E-state index contributed by atoms with van der Waals surface area (Å²) in [6, 6.07) is 10.6. The maximum Gasteiger partial charge on any atom is 0.387 e. The van der Waals surface area contributed by atoms with Crippen LogP contribution < -0.4 is 21.5 Å². The fourth-order valence-corrected chi connectivity index (χ4v) is 1.79. The van der Waals surface area contributed by atoms with Gasteiger partial charge in [0.05, 0.1) is 16.9 Å². The largest absolute Gasteiger partial charge is 0.433 e. The van der Waals surface area contributed by atoms with Gasteiger partial charge in [0.1, 0.15) is 5.75 Å². The number of amides is 1. The number of hydrogen-bond donors (Lipinski definition) is 3. The number of primary amides is 1. The van der Waals surface area contributed by atoms with Crippen LogP contribution in [0.15, 0.2) is 42.5 Å². The standard InChI is InChI=1S/C14H13F2N3O2/c15-14(16)21-12-4-2-1-3-11(12)19-10-6-5-8(17)7-9(10)13(18)20/h1-7,14,19H,17H2,(H2,18,20). The highest BCUT2D eigenvalue weighted by molar-refractivity contribution is 6.00. The van der Waals surface area contributed by atoms with Crippen molar-refractivity contribution >= 4 is 23.0 Å². The molecular formula is C14H13F2N3O2. The van der Waals surface area contributed by atoms with Crippen molar-refractivity contribution in [2.45, 2.75) is 6.61 Å². The van der Waals surface area contributed by atoms with Gasteiger partial charge in [-0.2, -0.15) is 8.78 Å². The molecule has 0 aliphatic heterocycles. The second kappa shape index (κ2) is 6.08. The number of halogens is 2. The quantitative estimate of drug-likeness (QED) is 0.739. The lowest BCUT2D eigenvalue weighted by Crippen LogP contribution is -2.14. The number of para-hydroxylation sites is 2. The number of nitrogen functional groups attached to an aromatic ring is 1. The van der Waals surface area contributed by atoms with Gasteiger partial charge in [0.2, 0.25) is 0 Å². The zero-order valence-electron chi connectivity index (χ0n) is 10.8. The summed E-state index contributed by atoms with van der Waals surface area (Å²) in [5.41, 5.74) is 12.0. The molecule has 2 rings (SSSR count). The maximum absolute atomic E-state index is 12.4. The molecule has 7 heteroatoms. The lowest BCUT2D eigenvalue weighted by Gasteiger charge is -2.14. The molecule has 0 aliphatic rings. The van der Waals surface area contributed by atoms with Gasteiger partial charge in [-0.3, -0.25) is 4.79 Å². The Kier molecular flexibility index (Phi) is 4.22. The highest BCUT2D eigenvalue weighted by Gasteiger charge is 2.13. The summed E-state index contributed by atoms with van der Waals surface area (Å²) in [4.78, 5) is 11.4. The molecular weight excluding hydrogens is 280 g/mol. The van der Waals surface area contributed by atoms with E-state index in [1.54, 1.807) is 24.3 Å². The fourth-order valence-electron chi connectivity index (χ4n) is 1.79. The van der Waals surface area contributed by atoms with Gasteiger partial charge in [-0.15, -0.1) is 0 Å². The Hall–Kier alpha value is -2.83. The van der Waals surface area contributed by atoms with E-state index in [9.17, 15) is 13.6 Å². The van der Waals surface area contributed by atoms with Gasteiger partial charge in [-0.1, -0.05) is 12.1 Å². The van der Waals surface area contributed by atoms with Crippen molar-refractivity contribution in [1.29, 1.82) is 0 Å². The van der Waals surface area contributed by atoms with Crippen LogP contribution in [0.1, 0.15) is 10.4 Å². The van der Waals surface area contributed by atoms with Crippen molar-refractivity contribution in [1.82, 2.24) is 0 Å². The van der Waals surface area contributed by atoms with E-state index < -0.39 is 12.5 Å². The van der Waals surface area contributed by atoms with Crippen LogP contribution in [0.4, 0.5) is 25.8 Å². The average molecular weight is 293 g/mol. The van der Waals surface area contributed by atoms with Crippen molar-refractivity contribution in [2.75, 3.05) is 11.1 Å². The molecule has 0 radical (unpaired) electrons. The van der Waals surface area contributed by atoms with E-state index in [1.165, 1.54) is 18.2 Å². The second-order valence-electron chi connectivity index (χ2n) is 4.17. The van der Waals surface area contributed by atoms with E-state index in [0.29, 0.717) is 11.4 Å². The number of carbonyl (C=O) groups is 1. The van der Waals surface area contributed by atoms with E-state index in [0.717, 1.165) is 0 Å². The van der Waals surface area contributed by atoms with Gasteiger partial charge in [-0.25, -0.2) is 0 Å². The van der Waals surface area contributed by atoms with Crippen molar-refractivity contribution in [3.63, 3.8) is 0 Å². The minimum Gasteiger partial charge on any atom is -0.433 e. The van der Waals surface area contributed by atoms with Gasteiger partial charge in [0.25, 0.3) is 5.91 Å². The van der Waals surface area contributed by atoms with Gasteiger partial charge in [0, 0.05) is 5.69 Å². The van der Waals surface area contributed by atoms with E-state index in [1.807, 2.05) is 0 Å². The third-order valence-electron chi connectivity index (χ3n) is 2.68. The summed E-state index contributed by atoms with van der Waals surface area (Å²) in [7, 11) is 0. The topological polar surface area (TPSA) is 90.4 Å². The summed E-state index contributed by atoms with van der Waals surface area (Å²) in [6.45, 7) is -2.95. The average Bonchev–Trinajstić information content (AvgIpc) is 2.42. The molecule has 1 amide bonds. The maximum atomic E-state index is 12.4. The number of ether oxygens (including phenoxy) is 1. The second-order valence-corrected chi connectivity index (χ2v) is 4.17. The van der Waals surface area contributed by atoms with Crippen LogP contribution in [0.3, 0.4) is 0 Å². The number of anilines is 3. The highest BCUT2D eigenvalue weighted by Crippen LogP contribution is 2.30. The first kappa shape index (κ1) is 14.6. The molecule has 110 valence electrons. The zero-order valence-corrected chi connectivity index (χ0v) is 10.8. The van der Waals surface area contributed by atoms with Gasteiger partial charge in [0.15, 0.2) is 0 Å². The smallest absolute Gasteiger partial charge is 0.387 e. The minimum absolute atomic E-state index is 0.0419. The normalized spacial score (nSPS) is 10.4. The molecule has 5 nitrogen and oxygen atoms in total. The van der Waals surface area contributed by atoms with Crippen molar-refractivity contribution in [3.05, 3.63) is 48.0 Å². The SMILES string of the molecule is NC(=O)c1cc(N)ccc1Nc1ccccc1OC(F)F. The van der Waals surface area contributed by atoms with Crippen LogP contribution >= 0.6 is 0 Å². The number of hydrogen-bond acceptors (Lipinski definition) is 4.